The highest BCUT2D eigenvalue weighted by atomic mass is 19.4. The van der Waals surface area contributed by atoms with Crippen molar-refractivity contribution in [3.8, 4) is 5.75 Å². The Morgan fingerprint density at radius 3 is 2.57 bits per heavy atom. The van der Waals surface area contributed by atoms with Gasteiger partial charge >= 0.3 is 12.4 Å². The van der Waals surface area contributed by atoms with E-state index in [1.165, 1.54) is 19.1 Å². The van der Waals surface area contributed by atoms with Crippen LogP contribution in [-0.2, 0) is 19.9 Å². The maximum atomic E-state index is 12.9. The Morgan fingerprint density at radius 2 is 1.97 bits per heavy atom. The Labute approximate surface area is 170 Å². The van der Waals surface area contributed by atoms with Gasteiger partial charge in [-0.25, -0.2) is 4.79 Å². The molecule has 4 amide bonds. The van der Waals surface area contributed by atoms with E-state index in [4.69, 9.17) is 4.74 Å². The maximum Gasteiger partial charge on any atom is 0.573 e. The van der Waals surface area contributed by atoms with Crippen molar-refractivity contribution < 1.29 is 37.0 Å². The van der Waals surface area contributed by atoms with Gasteiger partial charge in [0.25, 0.3) is 5.91 Å². The molecule has 0 radical (unpaired) electrons. The summed E-state index contributed by atoms with van der Waals surface area (Å²) in [6, 6.07) is 3.89. The number of hydrogen-bond donors (Lipinski definition) is 1. The van der Waals surface area contributed by atoms with Crippen LogP contribution in [0, 0.1) is 0 Å². The number of ether oxygens (including phenoxy) is 2. The largest absolute Gasteiger partial charge is 0.573 e. The second kappa shape index (κ2) is 8.13. The third-order valence-electron chi connectivity index (χ3n) is 5.18. The first-order valence-corrected chi connectivity index (χ1v) is 9.43. The van der Waals surface area contributed by atoms with Gasteiger partial charge < -0.3 is 19.7 Å². The molecular formula is C19H22F3N3O5. The zero-order valence-electron chi connectivity index (χ0n) is 16.5. The number of benzene rings is 1. The van der Waals surface area contributed by atoms with E-state index in [9.17, 15) is 27.6 Å². The summed E-state index contributed by atoms with van der Waals surface area (Å²) in [6.45, 7) is 4.08. The van der Waals surface area contributed by atoms with E-state index >= 15 is 0 Å². The molecule has 8 nitrogen and oxygen atoms in total. The second-order valence-corrected chi connectivity index (χ2v) is 7.26. The van der Waals surface area contributed by atoms with Gasteiger partial charge in [-0.1, -0.05) is 19.1 Å². The average Bonchev–Trinajstić information content (AvgIpc) is 2.91. The van der Waals surface area contributed by atoms with E-state index in [2.05, 4.69) is 10.1 Å². The molecule has 0 aromatic heterocycles. The normalized spacial score (nSPS) is 24.8. The second-order valence-electron chi connectivity index (χ2n) is 7.26. The summed E-state index contributed by atoms with van der Waals surface area (Å²) in [7, 11) is 0. The number of carbonyl (C=O) groups is 3. The highest BCUT2D eigenvalue weighted by Crippen LogP contribution is 2.31. The van der Waals surface area contributed by atoms with E-state index < -0.39 is 36.1 Å². The van der Waals surface area contributed by atoms with Crippen LogP contribution in [-0.4, -0.2) is 66.4 Å². The van der Waals surface area contributed by atoms with Gasteiger partial charge in [0.05, 0.1) is 12.7 Å². The van der Waals surface area contributed by atoms with Crippen LogP contribution in [0.2, 0.25) is 0 Å². The summed E-state index contributed by atoms with van der Waals surface area (Å²) in [5, 5.41) is 2.52. The van der Waals surface area contributed by atoms with Crippen molar-refractivity contribution in [3.63, 3.8) is 0 Å². The molecule has 2 aliphatic rings. The van der Waals surface area contributed by atoms with Crippen molar-refractivity contribution in [1.29, 1.82) is 0 Å². The van der Waals surface area contributed by atoms with Crippen molar-refractivity contribution in [2.45, 2.75) is 38.3 Å². The van der Waals surface area contributed by atoms with Crippen LogP contribution in [0.5, 0.6) is 5.75 Å². The summed E-state index contributed by atoms with van der Waals surface area (Å²) in [5.74, 6) is -1.49. The van der Waals surface area contributed by atoms with Gasteiger partial charge in [0, 0.05) is 13.1 Å². The predicted molar refractivity (Wildman–Crippen MR) is 97.3 cm³/mol. The molecule has 0 bridgehead atoms. The lowest BCUT2D eigenvalue weighted by Crippen LogP contribution is -2.50. The molecule has 2 fully saturated rings. The van der Waals surface area contributed by atoms with E-state index in [1.54, 1.807) is 4.90 Å². The summed E-state index contributed by atoms with van der Waals surface area (Å²) in [4.78, 5) is 40.3. The monoisotopic (exact) mass is 429 g/mol. The van der Waals surface area contributed by atoms with E-state index in [1.807, 2.05) is 6.92 Å². The Bertz CT molecular complexity index is 830. The van der Waals surface area contributed by atoms with Gasteiger partial charge in [0.2, 0.25) is 5.91 Å². The van der Waals surface area contributed by atoms with E-state index in [0.717, 1.165) is 23.5 Å². The first-order chi connectivity index (χ1) is 14.0. The number of hydrogen-bond acceptors (Lipinski definition) is 5. The molecule has 3 rings (SSSR count). The molecule has 2 unspecified atom stereocenters. The predicted octanol–water partition coefficient (Wildman–Crippen LogP) is 1.99. The molecule has 1 aromatic carbocycles. The van der Waals surface area contributed by atoms with Crippen LogP contribution in [0.3, 0.4) is 0 Å². The van der Waals surface area contributed by atoms with E-state index in [0.29, 0.717) is 19.7 Å². The number of carbonyl (C=O) groups excluding carboxylic acids is 3. The highest BCUT2D eigenvalue weighted by molar-refractivity contribution is 6.09. The molecule has 2 aliphatic heterocycles. The SMILES string of the molecule is CCC1CN(C(=O)CN2C(=O)NC(C)(c3ccc(OC(F)(F)F)cc3)C2=O)CCO1. The third-order valence-corrected chi connectivity index (χ3v) is 5.18. The number of nitrogens with zero attached hydrogens (tertiary/aromatic N) is 2. The lowest BCUT2D eigenvalue weighted by molar-refractivity contribution is -0.274. The number of rotatable bonds is 5. The van der Waals surface area contributed by atoms with Crippen molar-refractivity contribution >= 4 is 17.8 Å². The van der Waals surface area contributed by atoms with Crippen molar-refractivity contribution in [1.82, 2.24) is 15.1 Å². The Balaban J connectivity index is 1.71. The zero-order chi connectivity index (χ0) is 22.1. The fraction of sp³-hybridized carbons (Fsp3) is 0.526. The van der Waals surface area contributed by atoms with Gasteiger partial charge in [0.15, 0.2) is 0 Å². The number of amides is 4. The van der Waals surface area contributed by atoms with Crippen LogP contribution < -0.4 is 10.1 Å². The Hall–Kier alpha value is -2.82. The van der Waals surface area contributed by atoms with Crippen LogP contribution in [0.4, 0.5) is 18.0 Å². The lowest BCUT2D eigenvalue weighted by atomic mass is 9.92. The van der Waals surface area contributed by atoms with Gasteiger partial charge in [-0.2, -0.15) is 0 Å². The number of morpholine rings is 1. The van der Waals surface area contributed by atoms with Crippen molar-refractivity contribution in [2.24, 2.45) is 0 Å². The number of urea groups is 1. The molecule has 30 heavy (non-hydrogen) atoms. The Morgan fingerprint density at radius 1 is 1.30 bits per heavy atom. The minimum absolute atomic E-state index is 0.0893. The van der Waals surface area contributed by atoms with E-state index in [-0.39, 0.29) is 17.6 Å². The van der Waals surface area contributed by atoms with Crippen LogP contribution in [0.15, 0.2) is 24.3 Å². The summed E-state index contributed by atoms with van der Waals surface area (Å²) >= 11 is 0. The van der Waals surface area contributed by atoms with Crippen LogP contribution in [0.25, 0.3) is 0 Å². The maximum absolute atomic E-state index is 12.9. The zero-order valence-corrected chi connectivity index (χ0v) is 16.5. The fourth-order valence-corrected chi connectivity index (χ4v) is 3.45. The molecule has 0 aliphatic carbocycles. The van der Waals surface area contributed by atoms with Crippen molar-refractivity contribution in [3.05, 3.63) is 29.8 Å². The molecule has 0 saturated carbocycles. The van der Waals surface area contributed by atoms with Gasteiger partial charge in [-0.3, -0.25) is 14.5 Å². The molecule has 1 N–H and O–H groups in total. The van der Waals surface area contributed by atoms with Gasteiger partial charge in [-0.15, -0.1) is 13.2 Å². The number of nitrogens with one attached hydrogen (secondary N) is 1. The molecule has 11 heteroatoms. The number of imide groups is 1. The summed E-state index contributed by atoms with van der Waals surface area (Å²) < 4.78 is 46.3. The topological polar surface area (TPSA) is 88.2 Å². The standard InChI is InChI=1S/C19H22F3N3O5/c1-3-13-10-24(8-9-29-13)15(26)11-25-16(27)18(2,23-17(25)28)12-4-6-14(7-5-12)30-19(20,21)22/h4-7,13H,3,8-11H2,1-2H3,(H,23,28). The first kappa shape index (κ1) is 21.9. The van der Waals surface area contributed by atoms with Crippen molar-refractivity contribution in [2.75, 3.05) is 26.2 Å². The molecule has 2 saturated heterocycles. The van der Waals surface area contributed by atoms with Gasteiger partial charge in [-0.05, 0) is 31.0 Å². The number of halogens is 3. The summed E-state index contributed by atoms with van der Waals surface area (Å²) in [6.07, 6.45) is -4.19. The average molecular weight is 429 g/mol. The first-order valence-electron chi connectivity index (χ1n) is 9.43. The van der Waals surface area contributed by atoms with Crippen LogP contribution >= 0.6 is 0 Å². The summed E-state index contributed by atoms with van der Waals surface area (Å²) in [5.41, 5.74) is -1.24. The fourth-order valence-electron chi connectivity index (χ4n) is 3.45. The molecule has 2 atom stereocenters. The Kier molecular flexibility index (Phi) is 5.93. The smallest absolute Gasteiger partial charge is 0.406 e. The molecule has 2 heterocycles. The minimum Gasteiger partial charge on any atom is -0.406 e. The lowest BCUT2D eigenvalue weighted by Gasteiger charge is -2.33. The molecule has 164 valence electrons. The minimum atomic E-state index is -4.84. The highest BCUT2D eigenvalue weighted by Gasteiger charge is 2.50. The third kappa shape index (κ3) is 4.50. The van der Waals surface area contributed by atoms with Gasteiger partial charge in [0.1, 0.15) is 17.8 Å². The molecule has 0 spiro atoms. The van der Waals surface area contributed by atoms with Crippen LogP contribution in [0.1, 0.15) is 25.8 Å². The molecule has 1 aromatic rings. The molecular weight excluding hydrogens is 407 g/mol. The number of alkyl halides is 3. The quantitative estimate of drug-likeness (QED) is 0.724.